The second-order valence-corrected chi connectivity index (χ2v) is 5.39. The van der Waals surface area contributed by atoms with E-state index in [4.69, 9.17) is 12.2 Å². The number of thiocarbonyl (C=S) groups is 1. The Balaban J connectivity index is 2.16. The average Bonchev–Trinajstić information content (AvgIpc) is 2.97. The summed E-state index contributed by atoms with van der Waals surface area (Å²) in [5.74, 6) is 0. The molecule has 0 fully saturated rings. The summed E-state index contributed by atoms with van der Waals surface area (Å²) in [7, 11) is 0. The largest absolute Gasteiger partial charge is 0.359 e. The van der Waals surface area contributed by atoms with Gasteiger partial charge in [-0.15, -0.1) is 17.9 Å². The standard InChI is InChI=1S/C15H16N2S2/c1-2-10-16-15(18)17-14(13-9-6-11-19-13)12-7-4-3-5-8-12/h2-9,11,14H,1,10H2,(H2,16,17,18)/t14-/m1/s1. The summed E-state index contributed by atoms with van der Waals surface area (Å²) in [6, 6.07) is 14.6. The van der Waals surface area contributed by atoms with Crippen molar-refractivity contribution in [1.29, 1.82) is 0 Å². The Hall–Kier alpha value is -1.65. The molecule has 19 heavy (non-hydrogen) atoms. The van der Waals surface area contributed by atoms with Crippen LogP contribution in [-0.4, -0.2) is 11.7 Å². The molecule has 0 aliphatic heterocycles. The predicted octanol–water partition coefficient (Wildman–Crippen LogP) is 3.49. The summed E-state index contributed by atoms with van der Waals surface area (Å²) in [5.41, 5.74) is 1.20. The van der Waals surface area contributed by atoms with Crippen LogP contribution in [0.1, 0.15) is 16.5 Å². The SMILES string of the molecule is C=CCNC(=S)N[C@H](c1ccccc1)c1cccs1. The van der Waals surface area contributed by atoms with Gasteiger partial charge < -0.3 is 10.6 Å². The first-order chi connectivity index (χ1) is 9.31. The lowest BCUT2D eigenvalue weighted by Crippen LogP contribution is -2.37. The zero-order valence-corrected chi connectivity index (χ0v) is 12.1. The monoisotopic (exact) mass is 288 g/mol. The van der Waals surface area contributed by atoms with Crippen LogP contribution in [0.3, 0.4) is 0 Å². The Morgan fingerprint density at radius 2 is 2.05 bits per heavy atom. The van der Waals surface area contributed by atoms with Crippen LogP contribution in [0.5, 0.6) is 0 Å². The first kappa shape index (κ1) is 13.8. The molecule has 1 heterocycles. The lowest BCUT2D eigenvalue weighted by atomic mass is 10.1. The van der Waals surface area contributed by atoms with E-state index in [1.807, 2.05) is 18.2 Å². The van der Waals surface area contributed by atoms with Crippen LogP contribution < -0.4 is 10.6 Å². The molecule has 0 bridgehead atoms. The van der Waals surface area contributed by atoms with Crippen LogP contribution in [0.4, 0.5) is 0 Å². The summed E-state index contributed by atoms with van der Waals surface area (Å²) in [6.45, 7) is 4.34. The smallest absolute Gasteiger partial charge is 0.167 e. The van der Waals surface area contributed by atoms with Crippen LogP contribution in [-0.2, 0) is 0 Å². The second kappa shape index (κ2) is 7.07. The minimum absolute atomic E-state index is 0.0889. The normalized spacial score (nSPS) is 11.6. The molecule has 0 aliphatic carbocycles. The van der Waals surface area contributed by atoms with Crippen molar-refractivity contribution in [2.24, 2.45) is 0 Å². The summed E-state index contributed by atoms with van der Waals surface area (Å²) < 4.78 is 0. The summed E-state index contributed by atoms with van der Waals surface area (Å²) >= 11 is 7.03. The Bertz CT molecular complexity index is 520. The molecule has 0 saturated heterocycles. The Kier molecular flexibility index (Phi) is 5.12. The highest BCUT2D eigenvalue weighted by Gasteiger charge is 2.15. The van der Waals surface area contributed by atoms with Gasteiger partial charge in [0.25, 0.3) is 0 Å². The third-order valence-corrected chi connectivity index (χ3v) is 3.84. The fourth-order valence-corrected chi connectivity index (χ4v) is 2.77. The third-order valence-electron chi connectivity index (χ3n) is 2.64. The molecule has 0 aliphatic rings. The summed E-state index contributed by atoms with van der Waals surface area (Å²) in [4.78, 5) is 1.24. The van der Waals surface area contributed by atoms with E-state index in [-0.39, 0.29) is 6.04 Å². The number of hydrogen-bond acceptors (Lipinski definition) is 2. The van der Waals surface area contributed by atoms with Crippen LogP contribution in [0.15, 0.2) is 60.5 Å². The van der Waals surface area contributed by atoms with Crippen LogP contribution in [0.2, 0.25) is 0 Å². The maximum Gasteiger partial charge on any atom is 0.167 e. The van der Waals surface area contributed by atoms with Gasteiger partial charge >= 0.3 is 0 Å². The molecule has 1 aromatic carbocycles. The Morgan fingerprint density at radius 3 is 2.68 bits per heavy atom. The molecular formula is C15H16N2S2. The van der Waals surface area contributed by atoms with E-state index in [2.05, 4.69) is 46.9 Å². The number of benzene rings is 1. The summed E-state index contributed by atoms with van der Waals surface area (Å²) in [6.07, 6.45) is 1.79. The van der Waals surface area contributed by atoms with Gasteiger partial charge in [-0.05, 0) is 29.2 Å². The first-order valence-corrected chi connectivity index (χ1v) is 7.33. The number of thiophene rings is 1. The molecule has 2 nitrogen and oxygen atoms in total. The van der Waals surface area contributed by atoms with Gasteiger partial charge in [0.05, 0.1) is 6.04 Å². The van der Waals surface area contributed by atoms with Crippen molar-refractivity contribution in [1.82, 2.24) is 10.6 Å². The average molecular weight is 288 g/mol. The van der Waals surface area contributed by atoms with Crippen LogP contribution >= 0.6 is 23.6 Å². The highest BCUT2D eigenvalue weighted by atomic mass is 32.1. The predicted molar refractivity (Wildman–Crippen MR) is 86.5 cm³/mol. The molecule has 2 rings (SSSR count). The van der Waals surface area contributed by atoms with Gasteiger partial charge in [-0.3, -0.25) is 0 Å². The molecule has 1 atom stereocenters. The minimum atomic E-state index is 0.0889. The van der Waals surface area contributed by atoms with Crippen molar-refractivity contribution in [2.75, 3.05) is 6.54 Å². The van der Waals surface area contributed by atoms with Gasteiger partial charge in [0.1, 0.15) is 0 Å². The zero-order valence-electron chi connectivity index (χ0n) is 10.5. The maximum atomic E-state index is 5.30. The second-order valence-electron chi connectivity index (χ2n) is 4.00. The van der Waals surface area contributed by atoms with Gasteiger partial charge in [-0.2, -0.15) is 0 Å². The molecule has 2 aromatic rings. The van der Waals surface area contributed by atoms with Crippen LogP contribution in [0.25, 0.3) is 0 Å². The molecule has 98 valence electrons. The van der Waals surface area contributed by atoms with Crippen molar-refractivity contribution in [3.8, 4) is 0 Å². The van der Waals surface area contributed by atoms with Gasteiger partial charge in [0, 0.05) is 11.4 Å². The van der Waals surface area contributed by atoms with E-state index in [0.717, 1.165) is 0 Å². The van der Waals surface area contributed by atoms with Crippen molar-refractivity contribution < 1.29 is 0 Å². The fraction of sp³-hybridized carbons (Fsp3) is 0.133. The van der Waals surface area contributed by atoms with Crippen molar-refractivity contribution >= 4 is 28.7 Å². The molecule has 0 radical (unpaired) electrons. The topological polar surface area (TPSA) is 24.1 Å². The molecule has 0 saturated carbocycles. The fourth-order valence-electron chi connectivity index (χ4n) is 1.77. The van der Waals surface area contributed by atoms with Crippen molar-refractivity contribution in [2.45, 2.75) is 6.04 Å². The number of nitrogens with one attached hydrogen (secondary N) is 2. The van der Waals surface area contributed by atoms with E-state index in [1.54, 1.807) is 17.4 Å². The molecular weight excluding hydrogens is 272 g/mol. The molecule has 0 spiro atoms. The lowest BCUT2D eigenvalue weighted by Gasteiger charge is -2.20. The molecule has 2 N–H and O–H groups in total. The lowest BCUT2D eigenvalue weighted by molar-refractivity contribution is 0.760. The molecule has 1 aromatic heterocycles. The van der Waals surface area contributed by atoms with Gasteiger partial charge in [0.2, 0.25) is 0 Å². The van der Waals surface area contributed by atoms with E-state index >= 15 is 0 Å². The van der Waals surface area contributed by atoms with Gasteiger partial charge in [0.15, 0.2) is 5.11 Å². The van der Waals surface area contributed by atoms with E-state index in [0.29, 0.717) is 11.7 Å². The molecule has 0 unspecified atom stereocenters. The van der Waals surface area contributed by atoms with E-state index in [1.165, 1.54) is 10.4 Å². The van der Waals surface area contributed by atoms with E-state index < -0.39 is 0 Å². The first-order valence-electron chi connectivity index (χ1n) is 6.05. The van der Waals surface area contributed by atoms with Gasteiger partial charge in [-0.1, -0.05) is 42.5 Å². The van der Waals surface area contributed by atoms with Crippen molar-refractivity contribution in [3.05, 3.63) is 70.9 Å². The van der Waals surface area contributed by atoms with Crippen molar-refractivity contribution in [3.63, 3.8) is 0 Å². The van der Waals surface area contributed by atoms with Crippen LogP contribution in [0, 0.1) is 0 Å². The van der Waals surface area contributed by atoms with E-state index in [9.17, 15) is 0 Å². The molecule has 0 amide bonds. The maximum absolute atomic E-state index is 5.30. The Labute approximate surface area is 123 Å². The summed E-state index contributed by atoms with van der Waals surface area (Å²) in [5, 5.41) is 9.17. The zero-order chi connectivity index (χ0) is 13.5. The number of rotatable bonds is 5. The minimum Gasteiger partial charge on any atom is -0.359 e. The number of hydrogen-bond donors (Lipinski definition) is 2. The Morgan fingerprint density at radius 1 is 1.26 bits per heavy atom. The molecule has 4 heteroatoms. The highest BCUT2D eigenvalue weighted by Crippen LogP contribution is 2.25. The third kappa shape index (κ3) is 3.91. The van der Waals surface area contributed by atoms with Gasteiger partial charge in [-0.25, -0.2) is 0 Å². The highest BCUT2D eigenvalue weighted by molar-refractivity contribution is 7.80. The quantitative estimate of drug-likeness (QED) is 0.650.